The SMILES string of the molecule is FOC(C1CCCCC1)C1CCCCN1.FOC(c1ccccc1)C1CCCCN1.FOC(c1ccccn1)C1CCCCN1. The Morgan fingerprint density at radius 3 is 1.58 bits per heavy atom. The third kappa shape index (κ3) is 11.6. The topological polar surface area (TPSA) is 76.7 Å². The molecule has 252 valence electrons. The standard InChI is InChI=1S/C12H22FNO.C12H16FNO.C11H15FN2O/c2*13-15-12(10-6-2-1-3-7-10)11-8-4-5-9-14-11;12-15-11(9-5-1-3-7-13-9)10-6-2-4-8-14-10/h10-12,14H,1-9H2;1-3,6-7,11-12,14H,4-5,8-9H2;1,3,5,7,10-11,14H,2,4,6,8H2. The smallest absolute Gasteiger partial charge is 0.155 e. The lowest BCUT2D eigenvalue weighted by atomic mass is 9.81. The third-order valence-corrected chi connectivity index (χ3v) is 9.69. The fraction of sp³-hybridized carbons (Fsp3) is 0.686. The number of benzene rings is 1. The van der Waals surface area contributed by atoms with Crippen molar-refractivity contribution in [1.82, 2.24) is 20.9 Å². The summed E-state index contributed by atoms with van der Waals surface area (Å²) in [6.45, 7) is 2.91. The quantitative estimate of drug-likeness (QED) is 0.259. The largest absolute Gasteiger partial charge is 0.311 e. The van der Waals surface area contributed by atoms with Gasteiger partial charge in [0.05, 0.1) is 5.69 Å². The average molecular weight is 635 g/mol. The van der Waals surface area contributed by atoms with E-state index in [0.29, 0.717) is 11.6 Å². The van der Waals surface area contributed by atoms with Gasteiger partial charge in [0.25, 0.3) is 0 Å². The third-order valence-electron chi connectivity index (χ3n) is 9.69. The number of hydrogen-bond acceptors (Lipinski definition) is 7. The molecule has 1 saturated carbocycles. The van der Waals surface area contributed by atoms with E-state index >= 15 is 0 Å². The first-order valence-electron chi connectivity index (χ1n) is 17.2. The molecule has 0 amide bonds. The lowest BCUT2D eigenvalue weighted by Crippen LogP contribution is -2.47. The van der Waals surface area contributed by atoms with Crippen LogP contribution in [0, 0.1) is 5.92 Å². The fourth-order valence-corrected chi connectivity index (χ4v) is 7.21. The van der Waals surface area contributed by atoms with Crippen molar-refractivity contribution in [3.8, 4) is 0 Å². The number of rotatable bonds is 9. The Morgan fingerprint density at radius 2 is 1.09 bits per heavy atom. The molecule has 2 aromatic rings. The molecular weight excluding hydrogens is 581 g/mol. The molecule has 3 aliphatic heterocycles. The highest BCUT2D eigenvalue weighted by molar-refractivity contribution is 5.19. The van der Waals surface area contributed by atoms with Crippen molar-refractivity contribution in [2.45, 2.75) is 126 Å². The molecule has 7 nitrogen and oxygen atoms in total. The number of halogens is 3. The summed E-state index contributed by atoms with van der Waals surface area (Å²) in [5.41, 5.74) is 1.55. The first-order valence-corrected chi connectivity index (χ1v) is 17.2. The maximum Gasteiger partial charge on any atom is 0.155 e. The van der Waals surface area contributed by atoms with Gasteiger partial charge >= 0.3 is 0 Å². The van der Waals surface area contributed by atoms with Gasteiger partial charge in [-0.2, -0.15) is 14.8 Å². The first-order chi connectivity index (χ1) is 22.2. The second kappa shape index (κ2) is 20.9. The Hall–Kier alpha value is -2.08. The van der Waals surface area contributed by atoms with E-state index in [1.165, 1.54) is 38.5 Å². The van der Waals surface area contributed by atoms with E-state index in [2.05, 4.69) is 35.8 Å². The van der Waals surface area contributed by atoms with E-state index < -0.39 is 12.2 Å². The van der Waals surface area contributed by atoms with Crippen LogP contribution in [0.15, 0.2) is 54.7 Å². The Morgan fingerprint density at radius 1 is 0.556 bits per heavy atom. The van der Waals surface area contributed by atoms with Crippen LogP contribution < -0.4 is 16.0 Å². The van der Waals surface area contributed by atoms with Crippen molar-refractivity contribution in [1.29, 1.82) is 0 Å². The summed E-state index contributed by atoms with van der Waals surface area (Å²) in [6.07, 6.45) is 16.5. The van der Waals surface area contributed by atoms with E-state index in [0.717, 1.165) is 76.6 Å². The monoisotopic (exact) mass is 634 g/mol. The molecule has 3 N–H and O–H groups in total. The predicted molar refractivity (Wildman–Crippen MR) is 170 cm³/mol. The number of nitrogens with zero attached hydrogens (tertiary/aromatic N) is 1. The Balaban J connectivity index is 0.000000154. The molecule has 6 unspecified atom stereocenters. The number of nitrogens with one attached hydrogen (secondary N) is 3. The number of pyridine rings is 1. The van der Waals surface area contributed by atoms with E-state index in [-0.39, 0.29) is 24.2 Å². The van der Waals surface area contributed by atoms with Gasteiger partial charge in [-0.3, -0.25) is 4.98 Å². The van der Waals surface area contributed by atoms with Crippen molar-refractivity contribution in [2.75, 3.05) is 19.6 Å². The summed E-state index contributed by atoms with van der Waals surface area (Å²) >= 11 is 0. The zero-order chi connectivity index (χ0) is 31.5. The van der Waals surface area contributed by atoms with Crippen LogP contribution in [0.3, 0.4) is 0 Å². The lowest BCUT2D eigenvalue weighted by Gasteiger charge is -2.35. The average Bonchev–Trinajstić information content (AvgIpc) is 3.13. The van der Waals surface area contributed by atoms with Crippen LogP contribution in [0.2, 0.25) is 0 Å². The van der Waals surface area contributed by atoms with Crippen LogP contribution in [0.25, 0.3) is 0 Å². The summed E-state index contributed by atoms with van der Waals surface area (Å²) < 4.78 is 37.8. The van der Waals surface area contributed by atoms with E-state index in [1.54, 1.807) is 12.3 Å². The van der Waals surface area contributed by atoms with Crippen LogP contribution in [-0.4, -0.2) is 48.8 Å². The maximum atomic E-state index is 12.7. The summed E-state index contributed by atoms with van der Waals surface area (Å²) in [7, 11) is 0. The first kappa shape index (κ1) is 35.8. The van der Waals surface area contributed by atoms with Crippen LogP contribution in [-0.2, 0) is 14.8 Å². The molecule has 10 heteroatoms. The van der Waals surface area contributed by atoms with Crippen molar-refractivity contribution >= 4 is 0 Å². The molecule has 6 rings (SSSR count). The van der Waals surface area contributed by atoms with Crippen LogP contribution >= 0.6 is 0 Å². The molecule has 1 aromatic carbocycles. The maximum absolute atomic E-state index is 12.7. The van der Waals surface area contributed by atoms with Gasteiger partial charge in [0.2, 0.25) is 0 Å². The van der Waals surface area contributed by atoms with Crippen LogP contribution in [0.4, 0.5) is 13.6 Å². The highest BCUT2D eigenvalue weighted by Crippen LogP contribution is 2.32. The number of aromatic nitrogens is 1. The molecule has 0 bridgehead atoms. The molecule has 1 aromatic heterocycles. The summed E-state index contributed by atoms with van der Waals surface area (Å²) in [4.78, 5) is 16.6. The molecular formula is C35H53F3N4O3. The molecule has 45 heavy (non-hydrogen) atoms. The van der Waals surface area contributed by atoms with E-state index in [4.69, 9.17) is 0 Å². The van der Waals surface area contributed by atoms with E-state index in [1.807, 2.05) is 42.5 Å². The molecule has 1 aliphatic carbocycles. The van der Waals surface area contributed by atoms with Crippen molar-refractivity contribution in [3.63, 3.8) is 0 Å². The molecule has 3 saturated heterocycles. The Labute approximate surface area is 267 Å². The van der Waals surface area contributed by atoms with Crippen molar-refractivity contribution in [3.05, 3.63) is 66.0 Å². The molecule has 4 fully saturated rings. The van der Waals surface area contributed by atoms with Gasteiger partial charge in [-0.15, -0.1) is 0 Å². The normalized spacial score (nSPS) is 26.2. The second-order valence-corrected chi connectivity index (χ2v) is 12.8. The zero-order valence-corrected chi connectivity index (χ0v) is 26.6. The minimum Gasteiger partial charge on any atom is -0.311 e. The molecule has 0 radical (unpaired) electrons. The van der Waals surface area contributed by atoms with Crippen LogP contribution in [0.1, 0.15) is 113 Å². The predicted octanol–water partition coefficient (Wildman–Crippen LogP) is 7.92. The molecule has 4 heterocycles. The summed E-state index contributed by atoms with van der Waals surface area (Å²) in [5.74, 6) is 0.444. The Bertz CT molecular complexity index is 924. The Kier molecular flexibility index (Phi) is 16.6. The van der Waals surface area contributed by atoms with Gasteiger partial charge < -0.3 is 16.0 Å². The highest BCUT2D eigenvalue weighted by Gasteiger charge is 2.33. The van der Waals surface area contributed by atoms with Gasteiger partial charge in [0.15, 0.2) is 6.10 Å². The minimum atomic E-state index is -0.577. The molecule has 4 aliphatic rings. The van der Waals surface area contributed by atoms with Crippen molar-refractivity contribution < 1.29 is 28.4 Å². The minimum absolute atomic E-state index is 0.0404. The van der Waals surface area contributed by atoms with Gasteiger partial charge in [0, 0.05) is 24.3 Å². The van der Waals surface area contributed by atoms with Crippen molar-refractivity contribution in [2.24, 2.45) is 5.92 Å². The molecule has 6 atom stereocenters. The summed E-state index contributed by atoms with van der Waals surface area (Å²) in [6, 6.07) is 15.4. The highest BCUT2D eigenvalue weighted by atomic mass is 19.3. The number of piperidine rings is 3. The van der Waals surface area contributed by atoms with Gasteiger partial charge in [0.1, 0.15) is 12.2 Å². The fourth-order valence-electron chi connectivity index (χ4n) is 7.21. The lowest BCUT2D eigenvalue weighted by molar-refractivity contribution is -0.210. The van der Waals surface area contributed by atoms with Crippen LogP contribution in [0.5, 0.6) is 0 Å². The zero-order valence-electron chi connectivity index (χ0n) is 26.6. The summed E-state index contributed by atoms with van der Waals surface area (Å²) in [5, 5.41) is 9.97. The number of hydrogen-bond donors (Lipinski definition) is 3. The van der Waals surface area contributed by atoms with Gasteiger partial charge in [-0.1, -0.05) is 74.9 Å². The second-order valence-electron chi connectivity index (χ2n) is 12.8. The van der Waals surface area contributed by atoms with Gasteiger partial charge in [-0.25, -0.2) is 0 Å². The van der Waals surface area contributed by atoms with E-state index in [9.17, 15) is 13.6 Å². The van der Waals surface area contributed by atoms with Gasteiger partial charge in [-0.05, 0) is 108 Å². The molecule has 0 spiro atoms.